The van der Waals surface area contributed by atoms with Crippen molar-refractivity contribution in [1.82, 2.24) is 0 Å². The summed E-state index contributed by atoms with van der Waals surface area (Å²) in [6, 6.07) is 3.25. The van der Waals surface area contributed by atoms with Crippen molar-refractivity contribution in [3.05, 3.63) is 57.2 Å². The van der Waals surface area contributed by atoms with Gasteiger partial charge in [0.05, 0.1) is 12.0 Å². The molecule has 0 saturated carbocycles. The van der Waals surface area contributed by atoms with E-state index in [1.807, 2.05) is 26.1 Å². The van der Waals surface area contributed by atoms with Gasteiger partial charge in [0.15, 0.2) is 11.2 Å². The summed E-state index contributed by atoms with van der Waals surface area (Å²) in [6.07, 6.45) is -0.552. The minimum Gasteiger partial charge on any atom is -0.478 e. The molecule has 5 rings (SSSR count). The molecule has 1 aromatic carbocycles. The van der Waals surface area contributed by atoms with Crippen LogP contribution in [0.1, 0.15) is 38.5 Å². The van der Waals surface area contributed by atoms with Gasteiger partial charge in [0.2, 0.25) is 11.3 Å². The number of quaternary nitrogens is 1. The van der Waals surface area contributed by atoms with Gasteiger partial charge in [-0.2, -0.15) is 0 Å². The molecule has 3 aliphatic heterocycles. The van der Waals surface area contributed by atoms with Crippen LogP contribution in [0.15, 0.2) is 49.9 Å². The molecule has 7 unspecified atom stereocenters. The Morgan fingerprint density at radius 1 is 1.17 bits per heavy atom. The number of fused-ring (bicyclic) bond motifs is 3. The number of aliphatic hydroxyl groups is 5. The quantitative estimate of drug-likeness (QED) is 0.164. The highest BCUT2D eigenvalue weighted by Crippen LogP contribution is 2.43. The fraction of sp³-hybridized carbons (Fsp3) is 0.517. The second-order valence-electron chi connectivity index (χ2n) is 11.3. The van der Waals surface area contributed by atoms with Crippen LogP contribution in [0.5, 0.6) is 5.75 Å². The molecule has 7 atom stereocenters. The number of allylic oxidation sites excluding steroid dienone is 1. The van der Waals surface area contributed by atoms with Crippen LogP contribution in [0.2, 0.25) is 0 Å². The lowest BCUT2D eigenvalue weighted by Crippen LogP contribution is -3.05. The molecule has 0 spiro atoms. The van der Waals surface area contributed by atoms with Crippen LogP contribution >= 0.6 is 0 Å². The third kappa shape index (κ3) is 5.38. The Morgan fingerprint density at radius 2 is 1.90 bits per heavy atom. The maximum Gasteiger partial charge on any atom is 0.222 e. The van der Waals surface area contributed by atoms with Gasteiger partial charge in [-0.1, -0.05) is 6.92 Å². The Balaban J connectivity index is 1.46. The molecule has 12 nitrogen and oxygen atoms in total. The average Bonchev–Trinajstić information content (AvgIpc) is 3.52. The molecule has 12 heteroatoms. The number of aliphatic hydroxyl groups excluding tert-OH is 5. The van der Waals surface area contributed by atoms with E-state index in [4.69, 9.17) is 24.0 Å². The zero-order chi connectivity index (χ0) is 29.6. The van der Waals surface area contributed by atoms with E-state index in [2.05, 4.69) is 11.9 Å². The van der Waals surface area contributed by atoms with E-state index >= 15 is 0 Å². The third-order valence-corrected chi connectivity index (χ3v) is 7.97. The lowest BCUT2D eigenvalue weighted by atomic mass is 9.89. The maximum absolute atomic E-state index is 13.1. The molecule has 41 heavy (non-hydrogen) atoms. The van der Waals surface area contributed by atoms with E-state index in [0.717, 1.165) is 22.6 Å². The second-order valence-corrected chi connectivity index (χ2v) is 11.3. The SMILES string of the molecule is CCC1C2=CC=NC2=C[NH+]1c1c2c(cc3c(=O)cc(C)oc13)CC(OOCC(O)C(O)C(O)C(O)CO)C(C)(C)O2. The van der Waals surface area contributed by atoms with Crippen LogP contribution in [0, 0.1) is 6.92 Å². The molecule has 6 N–H and O–H groups in total. The van der Waals surface area contributed by atoms with Gasteiger partial charge >= 0.3 is 0 Å². The van der Waals surface area contributed by atoms with E-state index < -0.39 is 49.3 Å². The number of aryl methyl sites for hydroxylation is 1. The lowest BCUT2D eigenvalue weighted by Gasteiger charge is -2.39. The number of hydrogen-bond acceptors (Lipinski definition) is 11. The molecule has 4 heterocycles. The fourth-order valence-corrected chi connectivity index (χ4v) is 5.63. The molecule has 0 amide bonds. The van der Waals surface area contributed by atoms with Gasteiger partial charge in [-0.25, -0.2) is 9.78 Å². The normalized spacial score (nSPS) is 25.6. The largest absolute Gasteiger partial charge is 0.478 e. The fourth-order valence-electron chi connectivity index (χ4n) is 5.63. The minimum atomic E-state index is -1.78. The summed E-state index contributed by atoms with van der Waals surface area (Å²) >= 11 is 0. The molecule has 1 aromatic heterocycles. The highest BCUT2D eigenvalue weighted by molar-refractivity contribution is 5.90. The Morgan fingerprint density at radius 3 is 2.61 bits per heavy atom. The Labute approximate surface area is 236 Å². The number of nitrogens with zero attached hydrogens (tertiary/aromatic N) is 1. The molecule has 0 fully saturated rings. The van der Waals surface area contributed by atoms with E-state index in [9.17, 15) is 25.2 Å². The summed E-state index contributed by atoms with van der Waals surface area (Å²) in [5.74, 6) is 1.07. The number of rotatable bonds is 10. The first kappa shape index (κ1) is 29.5. The Kier molecular flexibility index (Phi) is 8.21. The molecular formula is C29H37N2O10+. The predicted octanol–water partition coefficient (Wildman–Crippen LogP) is -0.272. The van der Waals surface area contributed by atoms with Crippen molar-refractivity contribution in [2.24, 2.45) is 4.99 Å². The van der Waals surface area contributed by atoms with Crippen molar-refractivity contribution in [1.29, 1.82) is 0 Å². The van der Waals surface area contributed by atoms with Crippen molar-refractivity contribution in [2.45, 2.75) is 82.7 Å². The zero-order valence-electron chi connectivity index (χ0n) is 23.4. The topological polar surface area (TPSA) is 176 Å². The van der Waals surface area contributed by atoms with Gasteiger partial charge in [0.1, 0.15) is 66.4 Å². The monoisotopic (exact) mass is 573 g/mol. The number of aliphatic imine (C=N–C) groups is 1. The first-order chi connectivity index (χ1) is 19.5. The number of benzene rings is 1. The number of ether oxygens (including phenoxy) is 1. The number of nitrogens with one attached hydrogen (secondary N) is 1. The van der Waals surface area contributed by atoms with Crippen LogP contribution < -0.4 is 15.1 Å². The van der Waals surface area contributed by atoms with Crippen LogP contribution in [0.4, 0.5) is 5.69 Å². The number of hydrogen-bond donors (Lipinski definition) is 6. The van der Waals surface area contributed by atoms with E-state index in [1.165, 1.54) is 6.07 Å². The van der Waals surface area contributed by atoms with Crippen molar-refractivity contribution in [2.75, 3.05) is 13.2 Å². The second kappa shape index (κ2) is 11.4. The molecule has 0 radical (unpaired) electrons. The van der Waals surface area contributed by atoms with E-state index in [1.54, 1.807) is 19.2 Å². The van der Waals surface area contributed by atoms with Gasteiger partial charge in [-0.3, -0.25) is 14.7 Å². The summed E-state index contributed by atoms with van der Waals surface area (Å²) in [5, 5.41) is 49.0. The Hall–Kier alpha value is -2.94. The molecule has 0 bridgehead atoms. The van der Waals surface area contributed by atoms with Crippen molar-refractivity contribution < 1.29 is 49.4 Å². The van der Waals surface area contributed by atoms with Crippen molar-refractivity contribution in [3.8, 4) is 5.75 Å². The summed E-state index contributed by atoms with van der Waals surface area (Å²) in [4.78, 5) is 29.5. The summed E-state index contributed by atoms with van der Waals surface area (Å²) < 4.78 is 12.8. The first-order valence-electron chi connectivity index (χ1n) is 13.7. The van der Waals surface area contributed by atoms with Gasteiger partial charge in [-0.15, -0.1) is 0 Å². The highest BCUT2D eigenvalue weighted by atomic mass is 17.2. The van der Waals surface area contributed by atoms with Crippen LogP contribution in [-0.2, 0) is 16.2 Å². The van der Waals surface area contributed by atoms with Gasteiger partial charge in [-0.05, 0) is 32.9 Å². The average molecular weight is 574 g/mol. The lowest BCUT2D eigenvalue weighted by molar-refractivity contribution is -0.793. The van der Waals surface area contributed by atoms with E-state index in [-0.39, 0.29) is 11.5 Å². The summed E-state index contributed by atoms with van der Waals surface area (Å²) in [7, 11) is 0. The predicted molar refractivity (Wildman–Crippen MR) is 147 cm³/mol. The standard InChI is InChI=1S/C29H36N2O10/c1-5-19-16-6-7-30-18(16)11-31(19)24-27-15(9-17-20(33)8-14(2)39-28(17)24)10-23(29(3,4)40-27)41-38-13-22(35)26(37)25(36)21(34)12-32/h6-9,11,19,21-23,25-26,32,34-37H,5,10,12-13H2,1-4H3/p+1. The maximum atomic E-state index is 13.1. The Bertz CT molecular complexity index is 1460. The van der Waals surface area contributed by atoms with Crippen molar-refractivity contribution >= 4 is 22.9 Å². The zero-order valence-corrected chi connectivity index (χ0v) is 23.4. The molecule has 222 valence electrons. The van der Waals surface area contributed by atoms with Crippen LogP contribution in [0.3, 0.4) is 0 Å². The van der Waals surface area contributed by atoms with Crippen LogP contribution in [0.25, 0.3) is 11.0 Å². The van der Waals surface area contributed by atoms with Crippen molar-refractivity contribution in [3.63, 3.8) is 0 Å². The first-order valence-corrected chi connectivity index (χ1v) is 13.7. The minimum absolute atomic E-state index is 0.0460. The van der Waals surface area contributed by atoms with Gasteiger partial charge < -0.3 is 34.7 Å². The summed E-state index contributed by atoms with van der Waals surface area (Å²) in [6.45, 7) is 6.17. The summed E-state index contributed by atoms with van der Waals surface area (Å²) in [5.41, 5.74) is 2.77. The third-order valence-electron chi connectivity index (χ3n) is 7.97. The highest BCUT2D eigenvalue weighted by Gasteiger charge is 2.46. The van der Waals surface area contributed by atoms with E-state index in [0.29, 0.717) is 40.2 Å². The molecule has 2 aromatic rings. The molecule has 0 saturated heterocycles. The molecular weight excluding hydrogens is 536 g/mol. The smallest absolute Gasteiger partial charge is 0.222 e. The molecule has 0 aliphatic carbocycles. The van der Waals surface area contributed by atoms with Gasteiger partial charge in [0.25, 0.3) is 0 Å². The molecule has 3 aliphatic rings. The van der Waals surface area contributed by atoms with Gasteiger partial charge in [0, 0.05) is 36.3 Å². The van der Waals surface area contributed by atoms with Crippen LogP contribution in [-0.4, -0.2) is 87.1 Å².